The molecule has 0 radical (unpaired) electrons. The van der Waals surface area contributed by atoms with Crippen LogP contribution in [0.5, 0.6) is 0 Å². The average Bonchev–Trinajstić information content (AvgIpc) is 3.16. The van der Waals surface area contributed by atoms with Gasteiger partial charge >= 0.3 is 12.3 Å². The SMILES string of the molecule is O=C1CCC(N2C[C@H](c3cccc(CN4CCNCC4)c3)OC2=O)C(=O)N1.O=CC(F)(F)F. The minimum absolute atomic E-state index is 0.241. The van der Waals surface area contributed by atoms with E-state index in [0.717, 1.165) is 38.3 Å². The van der Waals surface area contributed by atoms with Gasteiger partial charge in [0.1, 0.15) is 12.1 Å². The number of alkyl halides is 3. The summed E-state index contributed by atoms with van der Waals surface area (Å²) >= 11 is 0. The Morgan fingerprint density at radius 3 is 2.48 bits per heavy atom. The third-order valence-corrected chi connectivity index (χ3v) is 5.50. The van der Waals surface area contributed by atoms with Crippen LogP contribution in [-0.2, 0) is 25.7 Å². The smallest absolute Gasteiger partial charge is 0.439 e. The van der Waals surface area contributed by atoms with Crippen molar-refractivity contribution < 1.29 is 37.1 Å². The van der Waals surface area contributed by atoms with Crippen molar-refractivity contribution in [2.24, 2.45) is 0 Å². The summed E-state index contributed by atoms with van der Waals surface area (Å²) in [5.41, 5.74) is 2.12. The number of nitrogens with zero attached hydrogens (tertiary/aromatic N) is 2. The van der Waals surface area contributed by atoms with Crippen LogP contribution in [0.4, 0.5) is 18.0 Å². The Morgan fingerprint density at radius 1 is 1.15 bits per heavy atom. The maximum Gasteiger partial charge on any atom is 0.446 e. The van der Waals surface area contributed by atoms with E-state index in [-0.39, 0.29) is 12.3 Å². The third kappa shape index (κ3) is 6.99. The van der Waals surface area contributed by atoms with E-state index in [1.54, 1.807) is 0 Å². The number of carbonyl (C=O) groups is 4. The van der Waals surface area contributed by atoms with Crippen molar-refractivity contribution in [2.75, 3.05) is 32.7 Å². The molecule has 1 aromatic rings. The molecule has 3 heterocycles. The Kier molecular flexibility index (Phi) is 8.03. The zero-order chi connectivity index (χ0) is 24.0. The first-order chi connectivity index (χ1) is 15.7. The van der Waals surface area contributed by atoms with Gasteiger partial charge in [-0.3, -0.25) is 29.5 Å². The van der Waals surface area contributed by atoms with Crippen molar-refractivity contribution in [2.45, 2.75) is 37.7 Å². The van der Waals surface area contributed by atoms with Crippen molar-refractivity contribution in [3.63, 3.8) is 0 Å². The minimum atomic E-state index is -4.64. The number of ether oxygens (including phenoxy) is 1. The Balaban J connectivity index is 0.000000454. The van der Waals surface area contributed by atoms with E-state index in [1.807, 2.05) is 12.1 Å². The number of halogens is 3. The number of amides is 3. The normalized spacial score (nSPS) is 24.0. The fourth-order valence-electron chi connectivity index (χ4n) is 3.91. The van der Waals surface area contributed by atoms with Crippen molar-refractivity contribution in [3.8, 4) is 0 Å². The van der Waals surface area contributed by atoms with Gasteiger partial charge in [-0.1, -0.05) is 24.3 Å². The molecule has 2 N–H and O–H groups in total. The maximum absolute atomic E-state index is 12.3. The average molecular weight is 470 g/mol. The number of hydrogen-bond acceptors (Lipinski definition) is 7. The van der Waals surface area contributed by atoms with E-state index in [1.165, 1.54) is 10.5 Å². The van der Waals surface area contributed by atoms with Gasteiger partial charge in [-0.25, -0.2) is 4.79 Å². The molecule has 0 aromatic heterocycles. The van der Waals surface area contributed by atoms with Crippen LogP contribution in [0.3, 0.4) is 0 Å². The number of nitrogens with one attached hydrogen (secondary N) is 2. The second kappa shape index (κ2) is 10.8. The predicted molar refractivity (Wildman–Crippen MR) is 109 cm³/mol. The summed E-state index contributed by atoms with van der Waals surface area (Å²) in [5, 5.41) is 5.64. The van der Waals surface area contributed by atoms with Crippen molar-refractivity contribution in [1.29, 1.82) is 0 Å². The van der Waals surface area contributed by atoms with Crippen LogP contribution in [0.1, 0.15) is 30.1 Å². The summed E-state index contributed by atoms with van der Waals surface area (Å²) in [4.78, 5) is 48.2. The molecule has 3 saturated heterocycles. The van der Waals surface area contributed by atoms with Crippen LogP contribution in [0.2, 0.25) is 0 Å². The summed E-state index contributed by atoms with van der Waals surface area (Å²) in [6.45, 7) is 5.23. The lowest BCUT2D eigenvalue weighted by atomic mass is 10.0. The Hall–Kier alpha value is -2.99. The van der Waals surface area contributed by atoms with Crippen molar-refractivity contribution in [3.05, 3.63) is 35.4 Å². The molecule has 3 amide bonds. The molecule has 3 aliphatic rings. The highest BCUT2D eigenvalue weighted by Gasteiger charge is 2.42. The molecule has 12 heteroatoms. The van der Waals surface area contributed by atoms with Gasteiger partial charge in [-0.15, -0.1) is 0 Å². The quantitative estimate of drug-likeness (QED) is 0.502. The molecule has 2 atom stereocenters. The minimum Gasteiger partial charge on any atom is -0.439 e. The molecule has 33 heavy (non-hydrogen) atoms. The fourth-order valence-corrected chi connectivity index (χ4v) is 3.91. The first-order valence-electron chi connectivity index (χ1n) is 10.5. The lowest BCUT2D eigenvalue weighted by molar-refractivity contribution is -0.156. The Bertz CT molecular complexity index is 889. The number of aldehydes is 1. The van der Waals surface area contributed by atoms with E-state index >= 15 is 0 Å². The zero-order valence-electron chi connectivity index (χ0n) is 17.8. The van der Waals surface area contributed by atoms with Crippen LogP contribution in [-0.4, -0.2) is 78.9 Å². The summed E-state index contributed by atoms with van der Waals surface area (Å²) in [5.74, 6) is -0.711. The number of imide groups is 1. The zero-order valence-corrected chi connectivity index (χ0v) is 17.8. The molecule has 0 spiro atoms. The van der Waals surface area contributed by atoms with E-state index < -0.39 is 36.6 Å². The lowest BCUT2D eigenvalue weighted by Gasteiger charge is -2.27. The van der Waals surface area contributed by atoms with Gasteiger partial charge in [0.05, 0.1) is 6.54 Å². The largest absolute Gasteiger partial charge is 0.446 e. The molecule has 9 nitrogen and oxygen atoms in total. The van der Waals surface area contributed by atoms with Crippen LogP contribution >= 0.6 is 0 Å². The first-order valence-corrected chi connectivity index (χ1v) is 10.5. The lowest BCUT2D eigenvalue weighted by Crippen LogP contribution is -2.52. The van der Waals surface area contributed by atoms with Gasteiger partial charge < -0.3 is 10.1 Å². The van der Waals surface area contributed by atoms with Crippen molar-refractivity contribution in [1.82, 2.24) is 20.4 Å². The van der Waals surface area contributed by atoms with E-state index in [2.05, 4.69) is 27.7 Å². The number of piperazine rings is 1. The van der Waals surface area contributed by atoms with Crippen LogP contribution in [0.15, 0.2) is 24.3 Å². The number of benzene rings is 1. The third-order valence-electron chi connectivity index (χ3n) is 5.50. The predicted octanol–water partition coefficient (Wildman–Crippen LogP) is 1.14. The summed E-state index contributed by atoms with van der Waals surface area (Å²) < 4.78 is 36.8. The molecule has 0 saturated carbocycles. The van der Waals surface area contributed by atoms with E-state index in [4.69, 9.17) is 9.53 Å². The Morgan fingerprint density at radius 2 is 1.85 bits per heavy atom. The van der Waals surface area contributed by atoms with Crippen LogP contribution < -0.4 is 10.6 Å². The van der Waals surface area contributed by atoms with Crippen molar-refractivity contribution >= 4 is 24.2 Å². The van der Waals surface area contributed by atoms with Crippen LogP contribution in [0.25, 0.3) is 0 Å². The summed E-state index contributed by atoms with van der Waals surface area (Å²) in [7, 11) is 0. The van der Waals surface area contributed by atoms with Gasteiger partial charge in [-0.2, -0.15) is 13.2 Å². The fraction of sp³-hybridized carbons (Fsp3) is 0.524. The number of rotatable bonds is 4. The molecule has 180 valence electrons. The topological polar surface area (TPSA) is 108 Å². The number of carbonyl (C=O) groups excluding carboxylic acids is 4. The monoisotopic (exact) mass is 470 g/mol. The van der Waals surface area contributed by atoms with E-state index in [9.17, 15) is 27.6 Å². The van der Waals surface area contributed by atoms with Gasteiger partial charge in [0.15, 0.2) is 0 Å². The molecule has 0 bridgehead atoms. The Labute approximate surface area is 188 Å². The second-order valence-electron chi connectivity index (χ2n) is 7.92. The van der Waals surface area contributed by atoms with Gasteiger partial charge in [-0.05, 0) is 17.5 Å². The van der Waals surface area contributed by atoms with Crippen LogP contribution in [0, 0.1) is 0 Å². The highest BCUT2D eigenvalue weighted by Crippen LogP contribution is 2.30. The molecule has 1 unspecified atom stereocenters. The number of piperidine rings is 1. The van der Waals surface area contributed by atoms with Gasteiger partial charge in [0.2, 0.25) is 18.1 Å². The summed E-state index contributed by atoms with van der Waals surface area (Å²) in [6, 6.07) is 7.46. The second-order valence-corrected chi connectivity index (χ2v) is 7.92. The summed E-state index contributed by atoms with van der Waals surface area (Å²) in [6.07, 6.45) is -6.01. The number of hydrogen-bond donors (Lipinski definition) is 2. The molecule has 3 fully saturated rings. The standard InChI is InChI=1S/C19H24N4O4.C2HF3O/c24-17-5-4-15(18(25)21-17)23-12-16(27-19(23)26)14-3-1-2-13(10-14)11-22-8-6-20-7-9-22;3-2(4,5)1-6/h1-3,10,15-16,20H,4-9,11-12H2,(H,21,24,25);1H/t15?,16-;/m1./s1. The molecule has 4 rings (SSSR count). The van der Waals surface area contributed by atoms with Gasteiger partial charge in [0, 0.05) is 39.1 Å². The maximum atomic E-state index is 12.3. The molecule has 0 aliphatic carbocycles. The first kappa shape index (κ1) is 24.6. The number of cyclic esters (lactones) is 1. The highest BCUT2D eigenvalue weighted by molar-refractivity contribution is 6.01. The molecular formula is C21H25F3N4O5. The molecule has 1 aromatic carbocycles. The molecule has 3 aliphatic heterocycles. The highest BCUT2D eigenvalue weighted by atomic mass is 19.4. The van der Waals surface area contributed by atoms with Gasteiger partial charge in [0.25, 0.3) is 0 Å². The van der Waals surface area contributed by atoms with E-state index in [0.29, 0.717) is 13.0 Å². The molecular weight excluding hydrogens is 445 g/mol.